The Hall–Kier alpha value is -2.82. The van der Waals surface area contributed by atoms with Gasteiger partial charge in [-0.15, -0.1) is 0 Å². The van der Waals surface area contributed by atoms with Gasteiger partial charge in [-0.05, 0) is 61.1 Å². The molecule has 0 aliphatic heterocycles. The highest BCUT2D eigenvalue weighted by molar-refractivity contribution is 5.81. The van der Waals surface area contributed by atoms with Gasteiger partial charge in [0.15, 0.2) is 0 Å². The second kappa shape index (κ2) is 5.12. The molecular formula is C18H17N3O2. The van der Waals surface area contributed by atoms with Crippen molar-refractivity contribution in [2.75, 3.05) is 5.73 Å². The maximum atomic E-state index is 12.4. The smallest absolute Gasteiger partial charge is 0.321 e. The summed E-state index contributed by atoms with van der Waals surface area (Å²) in [6.07, 6.45) is 4.21. The number of aryl methyl sites for hydroxylation is 2. The van der Waals surface area contributed by atoms with E-state index in [0.29, 0.717) is 11.4 Å². The molecule has 1 aliphatic carbocycles. The topological polar surface area (TPSA) is 80.9 Å². The first-order chi connectivity index (χ1) is 11.1. The molecule has 4 rings (SSSR count). The van der Waals surface area contributed by atoms with Crippen LogP contribution in [-0.2, 0) is 12.8 Å². The third kappa shape index (κ3) is 2.16. The number of aromatic amines is 1. The van der Waals surface area contributed by atoms with Crippen LogP contribution in [0.2, 0.25) is 0 Å². The number of anilines is 1. The highest BCUT2D eigenvalue weighted by Crippen LogP contribution is 2.27. The molecule has 3 N–H and O–H groups in total. The Kier molecular flexibility index (Phi) is 3.08. The molecule has 0 saturated carbocycles. The Labute approximate surface area is 132 Å². The minimum absolute atomic E-state index is 0.556. The van der Waals surface area contributed by atoms with Gasteiger partial charge in [-0.25, -0.2) is 0 Å². The van der Waals surface area contributed by atoms with Crippen molar-refractivity contribution in [3.63, 3.8) is 0 Å². The number of nitrogen functional groups attached to an aromatic ring is 1. The lowest BCUT2D eigenvalue weighted by Crippen LogP contribution is -2.36. The van der Waals surface area contributed by atoms with E-state index in [1.807, 2.05) is 6.07 Å². The van der Waals surface area contributed by atoms with E-state index in [1.54, 1.807) is 24.3 Å². The molecule has 5 nitrogen and oxygen atoms in total. The Morgan fingerprint density at radius 3 is 2.70 bits per heavy atom. The summed E-state index contributed by atoms with van der Waals surface area (Å²) in [6, 6.07) is 11.0. The predicted octanol–water partition coefficient (Wildman–Crippen LogP) is 2.14. The van der Waals surface area contributed by atoms with E-state index in [0.717, 1.165) is 42.3 Å². The number of hydrogen-bond donors (Lipinski definition) is 2. The number of rotatable bonds is 1. The summed E-state index contributed by atoms with van der Waals surface area (Å²) >= 11 is 0. The van der Waals surface area contributed by atoms with Crippen molar-refractivity contribution >= 4 is 16.7 Å². The van der Waals surface area contributed by atoms with Crippen LogP contribution >= 0.6 is 0 Å². The largest absolute Gasteiger partial charge is 0.399 e. The van der Waals surface area contributed by atoms with Gasteiger partial charge in [-0.1, -0.05) is 12.1 Å². The first kappa shape index (κ1) is 13.8. The number of hydrogen-bond acceptors (Lipinski definition) is 3. The maximum absolute atomic E-state index is 12.4. The average Bonchev–Trinajstić information content (AvgIpc) is 2.56. The number of nitrogens with zero attached hydrogens (tertiary/aromatic N) is 1. The van der Waals surface area contributed by atoms with Crippen LogP contribution in [-0.4, -0.2) is 9.55 Å². The van der Waals surface area contributed by atoms with Crippen LogP contribution in [0.15, 0.2) is 46.0 Å². The number of benzene rings is 2. The lowest BCUT2D eigenvalue weighted by atomic mass is 9.90. The Morgan fingerprint density at radius 1 is 1.04 bits per heavy atom. The molecule has 0 radical (unpaired) electrons. The monoisotopic (exact) mass is 307 g/mol. The van der Waals surface area contributed by atoms with Crippen LogP contribution in [0.5, 0.6) is 0 Å². The van der Waals surface area contributed by atoms with Gasteiger partial charge in [0.1, 0.15) is 0 Å². The van der Waals surface area contributed by atoms with Crippen LogP contribution in [0.3, 0.4) is 0 Å². The molecule has 2 aromatic carbocycles. The van der Waals surface area contributed by atoms with Gasteiger partial charge in [0.05, 0.1) is 16.7 Å². The second-order valence-electron chi connectivity index (χ2n) is 5.99. The van der Waals surface area contributed by atoms with E-state index in [4.69, 9.17) is 5.73 Å². The van der Waals surface area contributed by atoms with Crippen molar-refractivity contribution in [1.29, 1.82) is 0 Å². The zero-order valence-corrected chi connectivity index (χ0v) is 12.6. The summed E-state index contributed by atoms with van der Waals surface area (Å²) in [5.74, 6) is 0. The van der Waals surface area contributed by atoms with Crippen LogP contribution in [0.4, 0.5) is 5.69 Å². The first-order valence-corrected chi connectivity index (χ1v) is 7.81. The molecule has 0 amide bonds. The van der Waals surface area contributed by atoms with Gasteiger partial charge in [0.2, 0.25) is 0 Å². The second-order valence-corrected chi connectivity index (χ2v) is 5.99. The highest BCUT2D eigenvalue weighted by Gasteiger charge is 2.17. The molecule has 3 aromatic rings. The van der Waals surface area contributed by atoms with Crippen molar-refractivity contribution < 1.29 is 0 Å². The van der Waals surface area contributed by atoms with Crippen molar-refractivity contribution in [3.8, 4) is 5.69 Å². The van der Waals surface area contributed by atoms with E-state index in [1.165, 1.54) is 10.1 Å². The van der Waals surface area contributed by atoms with Crippen LogP contribution < -0.4 is 16.9 Å². The van der Waals surface area contributed by atoms with Crippen LogP contribution in [0.1, 0.15) is 24.0 Å². The van der Waals surface area contributed by atoms with Crippen molar-refractivity contribution in [1.82, 2.24) is 9.55 Å². The van der Waals surface area contributed by atoms with E-state index in [9.17, 15) is 9.59 Å². The molecule has 0 saturated heterocycles. The van der Waals surface area contributed by atoms with Crippen molar-refractivity contribution in [2.24, 2.45) is 0 Å². The molecule has 0 spiro atoms. The summed E-state index contributed by atoms with van der Waals surface area (Å²) < 4.78 is 1.46. The molecule has 1 aromatic heterocycles. The minimum Gasteiger partial charge on any atom is -0.399 e. The summed E-state index contributed by atoms with van der Waals surface area (Å²) in [7, 11) is 0. The fourth-order valence-electron chi connectivity index (χ4n) is 3.44. The van der Waals surface area contributed by atoms with Crippen LogP contribution in [0.25, 0.3) is 16.7 Å². The molecule has 1 heterocycles. The Balaban J connectivity index is 2.13. The van der Waals surface area contributed by atoms with Gasteiger partial charge >= 0.3 is 11.1 Å². The highest BCUT2D eigenvalue weighted by atomic mass is 16.2. The minimum atomic E-state index is -0.598. The third-order valence-electron chi connectivity index (χ3n) is 4.52. The van der Waals surface area contributed by atoms with Crippen molar-refractivity contribution in [3.05, 3.63) is 68.2 Å². The summed E-state index contributed by atoms with van der Waals surface area (Å²) in [4.78, 5) is 27.4. The Bertz CT molecular complexity index is 1030. The molecule has 0 fully saturated rings. The predicted molar refractivity (Wildman–Crippen MR) is 91.2 cm³/mol. The zero-order chi connectivity index (χ0) is 16.0. The quantitative estimate of drug-likeness (QED) is 0.534. The average molecular weight is 307 g/mol. The molecule has 1 aliphatic rings. The number of fused-ring (bicyclic) bond motifs is 3. The molecular weight excluding hydrogens is 290 g/mol. The lowest BCUT2D eigenvalue weighted by Gasteiger charge is -2.19. The molecule has 0 atom stereocenters. The molecule has 116 valence electrons. The van der Waals surface area contributed by atoms with Gasteiger partial charge < -0.3 is 10.7 Å². The fraction of sp³-hybridized carbons (Fsp3) is 0.222. The third-order valence-corrected chi connectivity index (χ3v) is 4.52. The van der Waals surface area contributed by atoms with E-state index < -0.39 is 11.1 Å². The first-order valence-electron chi connectivity index (χ1n) is 7.81. The molecule has 5 heteroatoms. The summed E-state index contributed by atoms with van der Waals surface area (Å²) in [5.41, 5.74) is 9.74. The normalized spacial score (nSPS) is 13.9. The van der Waals surface area contributed by atoms with Gasteiger partial charge in [-0.3, -0.25) is 14.2 Å². The maximum Gasteiger partial charge on any atom is 0.321 e. The number of aromatic nitrogens is 2. The van der Waals surface area contributed by atoms with E-state index in [2.05, 4.69) is 11.1 Å². The summed E-state index contributed by atoms with van der Waals surface area (Å²) in [6.45, 7) is 0. The van der Waals surface area contributed by atoms with Gasteiger partial charge in [-0.2, -0.15) is 0 Å². The van der Waals surface area contributed by atoms with Crippen LogP contribution in [0, 0.1) is 0 Å². The van der Waals surface area contributed by atoms with E-state index >= 15 is 0 Å². The number of nitrogens with one attached hydrogen (secondary N) is 1. The molecule has 0 bridgehead atoms. The fourth-order valence-corrected chi connectivity index (χ4v) is 3.44. The van der Waals surface area contributed by atoms with Gasteiger partial charge in [0, 0.05) is 5.69 Å². The molecule has 23 heavy (non-hydrogen) atoms. The molecule has 0 unspecified atom stereocenters. The standard InChI is InChI=1S/C18H17N3O2/c19-12-5-3-6-13(10-12)21-15-9-8-11-4-1-2-7-14(11)16(15)20-17(22)18(21)23/h3,5-6,8-10H,1-2,4,7,19H2,(H,20,22). The van der Waals surface area contributed by atoms with Crippen molar-refractivity contribution in [2.45, 2.75) is 25.7 Å². The SMILES string of the molecule is Nc1cccc(-n2c(=O)c(=O)[nH]c3c4c(ccc32)CCCC4)c1. The number of H-pyrrole nitrogens is 1. The number of nitrogens with two attached hydrogens (primary N) is 1. The Morgan fingerprint density at radius 2 is 1.87 bits per heavy atom. The van der Waals surface area contributed by atoms with Gasteiger partial charge in [0.25, 0.3) is 0 Å². The van der Waals surface area contributed by atoms with E-state index in [-0.39, 0.29) is 0 Å². The zero-order valence-electron chi connectivity index (χ0n) is 12.6. The lowest BCUT2D eigenvalue weighted by molar-refractivity contribution is 0.688. The summed E-state index contributed by atoms with van der Waals surface area (Å²) in [5, 5.41) is 0.